The molecule has 2 bridgehead atoms. The van der Waals surface area contributed by atoms with Crippen LogP contribution in [0.2, 0.25) is 0 Å². The van der Waals surface area contributed by atoms with E-state index in [4.69, 9.17) is 4.74 Å². The van der Waals surface area contributed by atoms with Crippen LogP contribution in [-0.4, -0.2) is 12.4 Å². The lowest BCUT2D eigenvalue weighted by atomic mass is 9.70. The quantitative estimate of drug-likeness (QED) is 0.763. The van der Waals surface area contributed by atoms with Gasteiger partial charge in [-0.25, -0.2) is 0 Å². The molecule has 2 heteroatoms. The number of para-hydroxylation sites is 1. The maximum absolute atomic E-state index is 11.1. The van der Waals surface area contributed by atoms with Crippen molar-refractivity contribution in [1.29, 1.82) is 0 Å². The van der Waals surface area contributed by atoms with Gasteiger partial charge < -0.3 is 4.74 Å². The number of rotatable bonds is 3. The first-order valence-electron chi connectivity index (χ1n) is 7.20. The molecule has 2 aliphatic rings. The summed E-state index contributed by atoms with van der Waals surface area (Å²) in [6.45, 7) is 7.10. The molecule has 0 N–H and O–H groups in total. The minimum atomic E-state index is 0.230. The number of ether oxygens (including phenoxy) is 1. The summed E-state index contributed by atoms with van der Waals surface area (Å²) in [4.78, 5) is 11.1. The van der Waals surface area contributed by atoms with Crippen LogP contribution in [0, 0.1) is 16.7 Å². The van der Waals surface area contributed by atoms with Gasteiger partial charge in [0.05, 0.1) is 5.56 Å². The minimum Gasteiger partial charge on any atom is -0.489 e. The zero-order valence-electron chi connectivity index (χ0n) is 12.0. The second-order valence-corrected chi connectivity index (χ2v) is 6.87. The predicted octanol–water partition coefficient (Wildman–Crippen LogP) is 4.09. The van der Waals surface area contributed by atoms with E-state index in [-0.39, 0.29) is 11.5 Å². The van der Waals surface area contributed by atoms with Crippen LogP contribution < -0.4 is 4.74 Å². The van der Waals surface area contributed by atoms with Crippen LogP contribution in [0.25, 0.3) is 0 Å². The predicted molar refractivity (Wildman–Crippen MR) is 75.5 cm³/mol. The zero-order valence-corrected chi connectivity index (χ0v) is 12.0. The lowest BCUT2D eigenvalue weighted by molar-refractivity contribution is 0.0298. The summed E-state index contributed by atoms with van der Waals surface area (Å²) in [6.07, 6.45) is 4.80. The SMILES string of the molecule is CC1(C)[C@H]2CC[C@@]1(C)[C@H](Oc1ccccc1C=O)C2. The summed E-state index contributed by atoms with van der Waals surface area (Å²) < 4.78 is 6.24. The van der Waals surface area contributed by atoms with Gasteiger partial charge in [-0.2, -0.15) is 0 Å². The number of fused-ring (bicyclic) bond motifs is 2. The molecule has 3 atom stereocenters. The van der Waals surface area contributed by atoms with Crippen molar-refractivity contribution < 1.29 is 9.53 Å². The van der Waals surface area contributed by atoms with Gasteiger partial charge in [-0.3, -0.25) is 4.79 Å². The molecular weight excluding hydrogens is 236 g/mol. The maximum Gasteiger partial charge on any atom is 0.153 e. The van der Waals surface area contributed by atoms with E-state index in [1.807, 2.05) is 24.3 Å². The molecule has 19 heavy (non-hydrogen) atoms. The summed E-state index contributed by atoms with van der Waals surface area (Å²) >= 11 is 0. The first-order chi connectivity index (χ1) is 8.99. The first kappa shape index (κ1) is 12.7. The lowest BCUT2D eigenvalue weighted by Gasteiger charge is -2.39. The molecule has 0 heterocycles. The van der Waals surface area contributed by atoms with Crippen LogP contribution in [0.3, 0.4) is 0 Å². The van der Waals surface area contributed by atoms with Crippen LogP contribution in [0.4, 0.5) is 0 Å². The van der Waals surface area contributed by atoms with Crippen molar-refractivity contribution in [2.75, 3.05) is 0 Å². The molecule has 0 spiro atoms. The van der Waals surface area contributed by atoms with E-state index in [9.17, 15) is 4.79 Å². The van der Waals surface area contributed by atoms with Crippen molar-refractivity contribution in [3.8, 4) is 5.75 Å². The van der Waals surface area contributed by atoms with Crippen LogP contribution in [-0.2, 0) is 0 Å². The summed E-state index contributed by atoms with van der Waals surface area (Å²) in [5.74, 6) is 1.50. The fourth-order valence-electron chi connectivity index (χ4n) is 4.15. The third-order valence-electron chi connectivity index (χ3n) is 6.03. The second-order valence-electron chi connectivity index (χ2n) is 6.87. The van der Waals surface area contributed by atoms with E-state index in [1.165, 1.54) is 12.8 Å². The largest absolute Gasteiger partial charge is 0.489 e. The first-order valence-corrected chi connectivity index (χ1v) is 7.20. The highest BCUT2D eigenvalue weighted by Crippen LogP contribution is 2.66. The molecule has 0 aliphatic heterocycles. The number of carbonyl (C=O) groups is 1. The topological polar surface area (TPSA) is 26.3 Å². The molecule has 102 valence electrons. The van der Waals surface area contributed by atoms with E-state index < -0.39 is 0 Å². The van der Waals surface area contributed by atoms with Crippen molar-refractivity contribution in [2.24, 2.45) is 16.7 Å². The van der Waals surface area contributed by atoms with Gasteiger partial charge in [-0.15, -0.1) is 0 Å². The Balaban J connectivity index is 1.88. The highest BCUT2D eigenvalue weighted by molar-refractivity contribution is 5.79. The Kier molecular flexibility index (Phi) is 2.74. The summed E-state index contributed by atoms with van der Waals surface area (Å²) in [5.41, 5.74) is 1.23. The number of hydrogen-bond acceptors (Lipinski definition) is 2. The Morgan fingerprint density at radius 3 is 2.58 bits per heavy atom. The van der Waals surface area contributed by atoms with Gasteiger partial charge in [0.15, 0.2) is 6.29 Å². The van der Waals surface area contributed by atoms with E-state index in [1.54, 1.807) is 0 Å². The van der Waals surface area contributed by atoms with Gasteiger partial charge >= 0.3 is 0 Å². The third kappa shape index (κ3) is 1.65. The number of aldehydes is 1. The van der Waals surface area contributed by atoms with E-state index in [0.717, 1.165) is 24.4 Å². The van der Waals surface area contributed by atoms with E-state index in [2.05, 4.69) is 20.8 Å². The van der Waals surface area contributed by atoms with E-state index in [0.29, 0.717) is 11.0 Å². The Labute approximate surface area is 115 Å². The lowest BCUT2D eigenvalue weighted by Crippen LogP contribution is -2.39. The molecule has 1 aromatic rings. The zero-order chi connectivity index (χ0) is 13.7. The van der Waals surface area contributed by atoms with Crippen LogP contribution in [0.5, 0.6) is 5.75 Å². The van der Waals surface area contributed by atoms with Crippen molar-refractivity contribution in [2.45, 2.75) is 46.1 Å². The highest BCUT2D eigenvalue weighted by atomic mass is 16.5. The molecule has 0 saturated heterocycles. The number of benzene rings is 1. The summed E-state index contributed by atoms with van der Waals surface area (Å²) in [6, 6.07) is 7.54. The Morgan fingerprint density at radius 2 is 2.00 bits per heavy atom. The fraction of sp³-hybridized carbons (Fsp3) is 0.588. The average Bonchev–Trinajstić information content (AvgIpc) is 2.72. The Morgan fingerprint density at radius 1 is 1.26 bits per heavy atom. The molecule has 2 fully saturated rings. The van der Waals surface area contributed by atoms with Crippen LogP contribution in [0.1, 0.15) is 50.4 Å². The van der Waals surface area contributed by atoms with Crippen molar-refractivity contribution >= 4 is 6.29 Å². The highest BCUT2D eigenvalue weighted by Gasteiger charge is 2.62. The van der Waals surface area contributed by atoms with E-state index >= 15 is 0 Å². The van der Waals surface area contributed by atoms with Gasteiger partial charge in [0.1, 0.15) is 11.9 Å². The summed E-state index contributed by atoms with van der Waals surface area (Å²) in [7, 11) is 0. The second kappa shape index (κ2) is 4.09. The van der Waals surface area contributed by atoms with Gasteiger partial charge in [-0.1, -0.05) is 32.9 Å². The van der Waals surface area contributed by atoms with Gasteiger partial charge in [0.25, 0.3) is 0 Å². The number of hydrogen-bond donors (Lipinski definition) is 0. The molecule has 1 aromatic carbocycles. The third-order valence-corrected chi connectivity index (χ3v) is 6.03. The molecular formula is C17H22O2. The van der Waals surface area contributed by atoms with Crippen LogP contribution >= 0.6 is 0 Å². The fourth-order valence-corrected chi connectivity index (χ4v) is 4.15. The molecule has 0 aromatic heterocycles. The molecule has 3 rings (SSSR count). The monoisotopic (exact) mass is 258 g/mol. The molecule has 0 amide bonds. The maximum atomic E-state index is 11.1. The van der Waals surface area contributed by atoms with Gasteiger partial charge in [-0.05, 0) is 42.7 Å². The molecule has 0 radical (unpaired) electrons. The standard InChI is InChI=1S/C17H22O2/c1-16(2)13-8-9-17(16,3)15(10-13)19-14-7-5-4-6-12(14)11-18/h4-7,11,13,15H,8-10H2,1-3H3/t13-,15+,17-/m0/s1. The normalized spacial score (nSPS) is 35.3. The molecule has 2 saturated carbocycles. The van der Waals surface area contributed by atoms with Crippen LogP contribution in [0.15, 0.2) is 24.3 Å². The Bertz CT molecular complexity index is 506. The van der Waals surface area contributed by atoms with Crippen molar-refractivity contribution in [1.82, 2.24) is 0 Å². The molecule has 0 unspecified atom stereocenters. The average molecular weight is 258 g/mol. The molecule has 2 nitrogen and oxygen atoms in total. The van der Waals surface area contributed by atoms with Crippen molar-refractivity contribution in [3.05, 3.63) is 29.8 Å². The Hall–Kier alpha value is -1.31. The van der Waals surface area contributed by atoms with Crippen molar-refractivity contribution in [3.63, 3.8) is 0 Å². The van der Waals surface area contributed by atoms with Gasteiger partial charge in [0.2, 0.25) is 0 Å². The minimum absolute atomic E-state index is 0.230. The number of carbonyl (C=O) groups excluding carboxylic acids is 1. The van der Waals surface area contributed by atoms with Gasteiger partial charge in [0, 0.05) is 5.41 Å². The molecule has 2 aliphatic carbocycles. The summed E-state index contributed by atoms with van der Waals surface area (Å²) in [5, 5.41) is 0. The smallest absolute Gasteiger partial charge is 0.153 e.